The Kier molecular flexibility index (Phi) is 5.96. The quantitative estimate of drug-likeness (QED) is 0.520. The van der Waals surface area contributed by atoms with Crippen molar-refractivity contribution in [3.8, 4) is 5.75 Å². The molecule has 5 rings (SSSR count). The number of imidazole rings is 1. The Bertz CT molecular complexity index is 1510. The van der Waals surface area contributed by atoms with Gasteiger partial charge in [0.2, 0.25) is 16.0 Å². The SMILES string of the molecule is CS(=O)(=O)c1ncn2c(NCc3c(F)ccc4c3CCO4)ncc(C3CCN(S(C)(=O)=O)CC3)c12. The molecule has 0 saturated carbocycles. The zero-order valence-corrected chi connectivity index (χ0v) is 21.0. The standard InChI is InChI=1S/C22H26FN5O5S2/c1-34(29,30)21-20-16(14-5-8-27(9-6-14)35(2,31)32)11-24-22(28(20)13-26-21)25-12-17-15-7-10-33-19(15)4-3-18(17)23/h3-4,11,13-14H,5-10,12H2,1-2H3,(H,24,25). The topological polar surface area (TPSA) is 123 Å². The summed E-state index contributed by atoms with van der Waals surface area (Å²) in [6.07, 6.45) is 6.97. The van der Waals surface area contributed by atoms with Crippen molar-refractivity contribution in [3.63, 3.8) is 0 Å². The lowest BCUT2D eigenvalue weighted by molar-refractivity contribution is 0.321. The maximum Gasteiger partial charge on any atom is 0.211 e. The summed E-state index contributed by atoms with van der Waals surface area (Å²) in [4.78, 5) is 8.68. The summed E-state index contributed by atoms with van der Waals surface area (Å²) in [6, 6.07) is 2.99. The number of nitrogens with zero attached hydrogens (tertiary/aromatic N) is 4. The number of aromatic nitrogens is 3. The van der Waals surface area contributed by atoms with Gasteiger partial charge in [-0.15, -0.1) is 0 Å². The molecule has 35 heavy (non-hydrogen) atoms. The zero-order chi connectivity index (χ0) is 25.0. The molecule has 0 amide bonds. The minimum absolute atomic E-state index is 0.0660. The summed E-state index contributed by atoms with van der Waals surface area (Å²) in [7, 11) is -6.94. The number of nitrogens with one attached hydrogen (secondary N) is 1. The molecule has 4 heterocycles. The van der Waals surface area contributed by atoms with Gasteiger partial charge in [-0.3, -0.25) is 4.40 Å². The second-order valence-corrected chi connectivity index (χ2v) is 12.9. The normalized spacial score (nSPS) is 17.5. The van der Waals surface area contributed by atoms with Crippen molar-refractivity contribution in [1.29, 1.82) is 0 Å². The molecule has 1 saturated heterocycles. The van der Waals surface area contributed by atoms with Gasteiger partial charge in [-0.1, -0.05) is 0 Å². The number of fused-ring (bicyclic) bond motifs is 2. The number of halogens is 1. The van der Waals surface area contributed by atoms with E-state index in [2.05, 4.69) is 15.3 Å². The highest BCUT2D eigenvalue weighted by Gasteiger charge is 2.30. The fraction of sp³-hybridized carbons (Fsp3) is 0.455. The highest BCUT2D eigenvalue weighted by molar-refractivity contribution is 7.90. The zero-order valence-electron chi connectivity index (χ0n) is 19.4. The van der Waals surface area contributed by atoms with Gasteiger partial charge in [-0.2, -0.15) is 0 Å². The molecule has 188 valence electrons. The maximum atomic E-state index is 14.6. The van der Waals surface area contributed by atoms with Gasteiger partial charge in [0.1, 0.15) is 17.9 Å². The first-order valence-electron chi connectivity index (χ1n) is 11.2. The Balaban J connectivity index is 1.50. The number of ether oxygens (including phenoxy) is 1. The van der Waals surface area contributed by atoms with E-state index in [4.69, 9.17) is 4.74 Å². The van der Waals surface area contributed by atoms with Crippen molar-refractivity contribution in [2.45, 2.75) is 36.8 Å². The van der Waals surface area contributed by atoms with E-state index in [0.717, 1.165) is 11.8 Å². The van der Waals surface area contributed by atoms with Crippen LogP contribution in [-0.2, 0) is 32.8 Å². The molecule has 0 atom stereocenters. The van der Waals surface area contributed by atoms with Gasteiger partial charge in [0.15, 0.2) is 14.9 Å². The van der Waals surface area contributed by atoms with Crippen molar-refractivity contribution in [3.05, 3.63) is 47.2 Å². The van der Waals surface area contributed by atoms with E-state index in [1.807, 2.05) is 0 Å². The van der Waals surface area contributed by atoms with Crippen LogP contribution in [-0.4, -0.2) is 67.7 Å². The Labute approximate surface area is 203 Å². The summed E-state index contributed by atoms with van der Waals surface area (Å²) in [5.41, 5.74) is 2.40. The van der Waals surface area contributed by atoms with E-state index in [0.29, 0.717) is 67.3 Å². The molecule has 0 bridgehead atoms. The minimum atomic E-state index is -3.65. The number of sulfone groups is 1. The first-order valence-corrected chi connectivity index (χ1v) is 15.0. The minimum Gasteiger partial charge on any atom is -0.493 e. The third kappa shape index (κ3) is 4.47. The van der Waals surface area contributed by atoms with Gasteiger partial charge < -0.3 is 10.1 Å². The fourth-order valence-electron chi connectivity index (χ4n) is 4.88. The van der Waals surface area contributed by atoms with Crippen LogP contribution in [0.5, 0.6) is 5.75 Å². The first-order chi connectivity index (χ1) is 16.5. The number of hydrogen-bond acceptors (Lipinski definition) is 8. The van der Waals surface area contributed by atoms with Gasteiger partial charge >= 0.3 is 0 Å². The lowest BCUT2D eigenvalue weighted by Crippen LogP contribution is -2.37. The van der Waals surface area contributed by atoms with Crippen LogP contribution >= 0.6 is 0 Å². The van der Waals surface area contributed by atoms with E-state index in [9.17, 15) is 21.2 Å². The molecule has 2 aliphatic heterocycles. The molecule has 0 radical (unpaired) electrons. The molecular weight excluding hydrogens is 497 g/mol. The first kappa shape index (κ1) is 23.9. The molecular formula is C22H26FN5O5S2. The van der Waals surface area contributed by atoms with E-state index < -0.39 is 19.9 Å². The number of sulfonamides is 1. The van der Waals surface area contributed by atoms with Crippen molar-refractivity contribution in [2.24, 2.45) is 0 Å². The number of benzene rings is 1. The summed E-state index contributed by atoms with van der Waals surface area (Å²) in [5.74, 6) is 0.561. The Morgan fingerprint density at radius 1 is 1.14 bits per heavy atom. The Morgan fingerprint density at radius 3 is 2.57 bits per heavy atom. The van der Waals surface area contributed by atoms with Crippen LogP contribution < -0.4 is 10.1 Å². The van der Waals surface area contributed by atoms with Crippen LogP contribution in [0.25, 0.3) is 5.52 Å². The smallest absolute Gasteiger partial charge is 0.211 e. The number of anilines is 1. The molecule has 1 N–H and O–H groups in total. The number of hydrogen-bond donors (Lipinski definition) is 1. The highest BCUT2D eigenvalue weighted by Crippen LogP contribution is 2.35. The summed E-state index contributed by atoms with van der Waals surface area (Å²) < 4.78 is 71.9. The fourth-order valence-corrected chi connectivity index (χ4v) is 6.56. The molecule has 1 fully saturated rings. The van der Waals surface area contributed by atoms with Crippen LogP contribution in [0, 0.1) is 5.82 Å². The summed E-state index contributed by atoms with van der Waals surface area (Å²) in [5, 5.41) is 3.06. The van der Waals surface area contributed by atoms with Crippen molar-refractivity contribution in [2.75, 3.05) is 37.5 Å². The van der Waals surface area contributed by atoms with E-state index >= 15 is 0 Å². The van der Waals surface area contributed by atoms with Crippen LogP contribution in [0.2, 0.25) is 0 Å². The van der Waals surface area contributed by atoms with Crippen molar-refractivity contribution in [1.82, 2.24) is 18.7 Å². The van der Waals surface area contributed by atoms with E-state index in [1.165, 1.54) is 23.0 Å². The number of rotatable bonds is 6. The van der Waals surface area contributed by atoms with E-state index in [-0.39, 0.29) is 23.3 Å². The average Bonchev–Trinajstić information content (AvgIpc) is 3.45. The lowest BCUT2D eigenvalue weighted by Gasteiger charge is -2.30. The van der Waals surface area contributed by atoms with Crippen molar-refractivity contribution < 1.29 is 26.0 Å². The molecule has 13 heteroatoms. The predicted octanol–water partition coefficient (Wildman–Crippen LogP) is 1.96. The third-order valence-corrected chi connectivity index (χ3v) is 8.94. The Hall–Kier alpha value is -2.77. The van der Waals surface area contributed by atoms with Crippen LogP contribution in [0.1, 0.15) is 35.4 Å². The third-order valence-electron chi connectivity index (χ3n) is 6.64. The molecule has 0 unspecified atom stereocenters. The van der Waals surface area contributed by atoms with Gasteiger partial charge in [0, 0.05) is 55.2 Å². The average molecular weight is 524 g/mol. The van der Waals surface area contributed by atoms with Gasteiger partial charge in [0.25, 0.3) is 0 Å². The molecule has 1 aromatic carbocycles. The van der Waals surface area contributed by atoms with Gasteiger partial charge in [-0.25, -0.2) is 35.5 Å². The lowest BCUT2D eigenvalue weighted by atomic mass is 9.91. The summed E-state index contributed by atoms with van der Waals surface area (Å²) in [6.45, 7) is 1.33. The predicted molar refractivity (Wildman–Crippen MR) is 127 cm³/mol. The van der Waals surface area contributed by atoms with Crippen LogP contribution in [0.15, 0.2) is 29.7 Å². The molecule has 2 aromatic heterocycles. The molecule has 3 aromatic rings. The largest absolute Gasteiger partial charge is 0.493 e. The maximum absolute atomic E-state index is 14.6. The molecule has 10 nitrogen and oxygen atoms in total. The van der Waals surface area contributed by atoms with Crippen molar-refractivity contribution >= 4 is 31.3 Å². The van der Waals surface area contributed by atoms with Gasteiger partial charge in [-0.05, 0) is 30.9 Å². The van der Waals surface area contributed by atoms with Crippen LogP contribution in [0.3, 0.4) is 0 Å². The second-order valence-electron chi connectivity index (χ2n) is 8.97. The summed E-state index contributed by atoms with van der Waals surface area (Å²) >= 11 is 0. The monoisotopic (exact) mass is 523 g/mol. The highest BCUT2D eigenvalue weighted by atomic mass is 32.2. The molecule has 0 spiro atoms. The molecule has 0 aliphatic carbocycles. The Morgan fingerprint density at radius 2 is 1.89 bits per heavy atom. The second kappa shape index (κ2) is 8.71. The van der Waals surface area contributed by atoms with Gasteiger partial charge in [0.05, 0.1) is 18.4 Å². The number of piperidine rings is 1. The molecule has 2 aliphatic rings. The van der Waals surface area contributed by atoms with Crippen LogP contribution in [0.4, 0.5) is 10.3 Å². The van der Waals surface area contributed by atoms with E-state index in [1.54, 1.807) is 16.7 Å².